The molecule has 17 heavy (non-hydrogen) atoms. The lowest BCUT2D eigenvalue weighted by molar-refractivity contribution is -0.140. The van der Waals surface area contributed by atoms with Gasteiger partial charge < -0.3 is 14.9 Å². The van der Waals surface area contributed by atoms with Crippen molar-refractivity contribution in [1.82, 2.24) is 9.80 Å². The van der Waals surface area contributed by atoms with Gasteiger partial charge in [0.05, 0.1) is 6.42 Å². The monoisotopic (exact) mass is 242 g/mol. The van der Waals surface area contributed by atoms with Crippen molar-refractivity contribution < 1.29 is 14.7 Å². The van der Waals surface area contributed by atoms with Crippen molar-refractivity contribution in [1.29, 1.82) is 0 Å². The summed E-state index contributed by atoms with van der Waals surface area (Å²) >= 11 is 0. The molecule has 0 radical (unpaired) electrons. The van der Waals surface area contributed by atoms with E-state index in [1.807, 2.05) is 0 Å². The second-order valence-electron chi connectivity index (χ2n) is 4.91. The summed E-state index contributed by atoms with van der Waals surface area (Å²) in [5, 5.41) is 8.52. The van der Waals surface area contributed by atoms with Gasteiger partial charge in [0.2, 0.25) is 5.91 Å². The number of carbonyl (C=O) groups excluding carboxylic acids is 1. The van der Waals surface area contributed by atoms with Gasteiger partial charge in [-0.05, 0) is 38.9 Å². The summed E-state index contributed by atoms with van der Waals surface area (Å²) in [6, 6.07) is 0. The van der Waals surface area contributed by atoms with Crippen molar-refractivity contribution >= 4 is 11.9 Å². The molecule has 0 unspecified atom stereocenters. The lowest BCUT2D eigenvalue weighted by Crippen LogP contribution is -2.38. The minimum Gasteiger partial charge on any atom is -0.481 e. The van der Waals surface area contributed by atoms with E-state index in [9.17, 15) is 9.59 Å². The van der Waals surface area contributed by atoms with Crippen molar-refractivity contribution in [2.24, 2.45) is 5.92 Å². The molecule has 0 aliphatic carbocycles. The number of nitrogens with zero attached hydrogens (tertiary/aromatic N) is 2. The normalized spacial score (nSPS) is 18.0. The predicted octanol–water partition coefficient (Wildman–Crippen LogP) is 0.651. The van der Waals surface area contributed by atoms with E-state index in [4.69, 9.17) is 5.11 Å². The Morgan fingerprint density at radius 3 is 2.41 bits per heavy atom. The van der Waals surface area contributed by atoms with Crippen LogP contribution in [0.2, 0.25) is 0 Å². The van der Waals surface area contributed by atoms with E-state index in [-0.39, 0.29) is 18.7 Å². The van der Waals surface area contributed by atoms with Crippen molar-refractivity contribution in [2.45, 2.75) is 25.7 Å². The molecule has 1 fully saturated rings. The average Bonchev–Trinajstić information content (AvgIpc) is 2.28. The number of aliphatic carboxylic acids is 1. The van der Waals surface area contributed by atoms with Crippen molar-refractivity contribution in [3.8, 4) is 0 Å². The highest BCUT2D eigenvalue weighted by molar-refractivity contribution is 5.80. The maximum absolute atomic E-state index is 11.6. The molecule has 5 heteroatoms. The molecule has 0 atom stereocenters. The van der Waals surface area contributed by atoms with Crippen molar-refractivity contribution in [3.05, 3.63) is 0 Å². The van der Waals surface area contributed by atoms with Gasteiger partial charge in [0.15, 0.2) is 0 Å². The largest absolute Gasteiger partial charge is 0.481 e. The van der Waals surface area contributed by atoms with Gasteiger partial charge in [0, 0.05) is 20.0 Å². The van der Waals surface area contributed by atoms with E-state index in [1.54, 1.807) is 11.9 Å². The molecule has 0 bridgehead atoms. The summed E-state index contributed by atoms with van der Waals surface area (Å²) in [6.45, 7) is 2.93. The Labute approximate surface area is 102 Å². The summed E-state index contributed by atoms with van der Waals surface area (Å²) in [4.78, 5) is 26.0. The van der Waals surface area contributed by atoms with Crippen LogP contribution in [0.5, 0.6) is 0 Å². The topological polar surface area (TPSA) is 60.9 Å². The number of hydrogen-bond acceptors (Lipinski definition) is 3. The van der Waals surface area contributed by atoms with Gasteiger partial charge in [-0.1, -0.05) is 0 Å². The van der Waals surface area contributed by atoms with E-state index >= 15 is 0 Å². The number of carboxylic acid groups (broad SMARTS) is 1. The molecule has 0 spiro atoms. The Morgan fingerprint density at radius 2 is 1.88 bits per heavy atom. The first-order valence-corrected chi connectivity index (χ1v) is 6.13. The fourth-order valence-corrected chi connectivity index (χ4v) is 2.14. The third-order valence-electron chi connectivity index (χ3n) is 3.35. The lowest BCUT2D eigenvalue weighted by Gasteiger charge is -2.31. The van der Waals surface area contributed by atoms with Crippen LogP contribution >= 0.6 is 0 Å². The Bertz CT molecular complexity index is 273. The number of carboxylic acids is 1. The van der Waals surface area contributed by atoms with Crippen LogP contribution in [0.4, 0.5) is 0 Å². The van der Waals surface area contributed by atoms with Crippen LogP contribution in [0, 0.1) is 5.92 Å². The van der Waals surface area contributed by atoms with Gasteiger partial charge in [-0.3, -0.25) is 9.59 Å². The summed E-state index contributed by atoms with van der Waals surface area (Å²) in [6.07, 6.45) is 2.27. The molecule has 0 aromatic heterocycles. The summed E-state index contributed by atoms with van der Waals surface area (Å²) in [5.41, 5.74) is 0. The van der Waals surface area contributed by atoms with Gasteiger partial charge in [0.25, 0.3) is 0 Å². The standard InChI is InChI=1S/C12H22N2O3/c1-13-7-5-10(6-8-13)9-14(2)11(15)3-4-12(16)17/h10H,3-9H2,1-2H3,(H,16,17). The van der Waals surface area contributed by atoms with E-state index < -0.39 is 5.97 Å². The first-order chi connectivity index (χ1) is 7.99. The molecule has 1 heterocycles. The third-order valence-corrected chi connectivity index (χ3v) is 3.35. The highest BCUT2D eigenvalue weighted by Gasteiger charge is 2.20. The number of piperidine rings is 1. The molecule has 5 nitrogen and oxygen atoms in total. The second kappa shape index (κ2) is 6.59. The van der Waals surface area contributed by atoms with Gasteiger partial charge in [-0.2, -0.15) is 0 Å². The molecule has 1 saturated heterocycles. The number of carbonyl (C=O) groups is 2. The van der Waals surface area contributed by atoms with E-state index in [2.05, 4.69) is 11.9 Å². The van der Waals surface area contributed by atoms with Crippen LogP contribution in [-0.2, 0) is 9.59 Å². The van der Waals surface area contributed by atoms with E-state index in [1.165, 1.54) is 0 Å². The first-order valence-electron chi connectivity index (χ1n) is 6.13. The number of likely N-dealkylation sites (tertiary alicyclic amines) is 1. The minimum absolute atomic E-state index is 0.0636. The van der Waals surface area contributed by atoms with Crippen molar-refractivity contribution in [2.75, 3.05) is 33.7 Å². The molecular weight excluding hydrogens is 220 g/mol. The van der Waals surface area contributed by atoms with Crippen molar-refractivity contribution in [3.63, 3.8) is 0 Å². The third kappa shape index (κ3) is 5.17. The SMILES string of the molecule is CN1CCC(CN(C)C(=O)CCC(=O)O)CC1. The van der Waals surface area contributed by atoms with Crippen LogP contribution < -0.4 is 0 Å². The molecular formula is C12H22N2O3. The quantitative estimate of drug-likeness (QED) is 0.769. The smallest absolute Gasteiger partial charge is 0.303 e. The van der Waals surface area contributed by atoms with Crippen LogP contribution in [-0.4, -0.2) is 60.5 Å². The first kappa shape index (κ1) is 14.0. The van der Waals surface area contributed by atoms with Gasteiger partial charge in [-0.15, -0.1) is 0 Å². The molecule has 1 N–H and O–H groups in total. The molecule has 0 aromatic rings. The lowest BCUT2D eigenvalue weighted by atomic mass is 9.96. The van der Waals surface area contributed by atoms with Crippen LogP contribution in [0.1, 0.15) is 25.7 Å². The summed E-state index contributed by atoms with van der Waals surface area (Å²) in [5.74, 6) is -0.414. The highest BCUT2D eigenvalue weighted by Crippen LogP contribution is 2.17. The Morgan fingerprint density at radius 1 is 1.29 bits per heavy atom. The highest BCUT2D eigenvalue weighted by atomic mass is 16.4. The molecule has 1 amide bonds. The summed E-state index contributed by atoms with van der Waals surface area (Å²) < 4.78 is 0. The molecule has 1 aliphatic rings. The Balaban J connectivity index is 2.25. The molecule has 0 aromatic carbocycles. The zero-order chi connectivity index (χ0) is 12.8. The number of amides is 1. The fraction of sp³-hybridized carbons (Fsp3) is 0.833. The minimum atomic E-state index is -0.911. The average molecular weight is 242 g/mol. The van der Waals surface area contributed by atoms with Gasteiger partial charge >= 0.3 is 5.97 Å². The maximum Gasteiger partial charge on any atom is 0.303 e. The van der Waals surface area contributed by atoms with Crippen LogP contribution in [0.15, 0.2) is 0 Å². The Kier molecular flexibility index (Phi) is 5.41. The molecule has 98 valence electrons. The maximum atomic E-state index is 11.6. The predicted molar refractivity (Wildman–Crippen MR) is 64.7 cm³/mol. The van der Waals surface area contributed by atoms with Crippen LogP contribution in [0.3, 0.4) is 0 Å². The van der Waals surface area contributed by atoms with Crippen LogP contribution in [0.25, 0.3) is 0 Å². The molecule has 1 aliphatic heterocycles. The number of hydrogen-bond donors (Lipinski definition) is 1. The zero-order valence-corrected chi connectivity index (χ0v) is 10.7. The Hall–Kier alpha value is -1.10. The molecule has 1 rings (SSSR count). The summed E-state index contributed by atoms with van der Waals surface area (Å²) in [7, 11) is 3.88. The molecule has 0 saturated carbocycles. The van der Waals surface area contributed by atoms with Gasteiger partial charge in [-0.25, -0.2) is 0 Å². The number of rotatable bonds is 5. The van der Waals surface area contributed by atoms with Gasteiger partial charge in [0.1, 0.15) is 0 Å². The zero-order valence-electron chi connectivity index (χ0n) is 10.7. The second-order valence-corrected chi connectivity index (χ2v) is 4.91. The fourth-order valence-electron chi connectivity index (χ4n) is 2.14. The van der Waals surface area contributed by atoms with E-state index in [0.29, 0.717) is 5.92 Å². The van der Waals surface area contributed by atoms with E-state index in [0.717, 1.165) is 32.5 Å².